The number of amides is 1. The Morgan fingerprint density at radius 2 is 1.86 bits per heavy atom. The molecule has 1 aliphatic rings. The lowest BCUT2D eigenvalue weighted by molar-refractivity contribution is -0.132. The van der Waals surface area contributed by atoms with Crippen molar-refractivity contribution in [3.05, 3.63) is 89.1 Å². The summed E-state index contributed by atoms with van der Waals surface area (Å²) in [5, 5.41) is 31.6. The van der Waals surface area contributed by atoms with Crippen molar-refractivity contribution >= 4 is 21.9 Å². The molecule has 1 amide bonds. The van der Waals surface area contributed by atoms with Crippen LogP contribution in [-0.2, 0) is 14.8 Å². The van der Waals surface area contributed by atoms with Crippen LogP contribution >= 0.6 is 0 Å². The Kier molecular flexibility index (Phi) is 7.86. The van der Waals surface area contributed by atoms with Crippen LogP contribution in [0.15, 0.2) is 82.9 Å². The first-order valence-corrected chi connectivity index (χ1v) is 12.2. The van der Waals surface area contributed by atoms with Crippen LogP contribution in [0.5, 0.6) is 0 Å². The summed E-state index contributed by atoms with van der Waals surface area (Å²) in [6.45, 7) is 1.58. The number of carboxylic acid groups (broad SMARTS) is 1. The number of aliphatic carboxylic acids is 1. The second-order valence-electron chi connectivity index (χ2n) is 8.07. The summed E-state index contributed by atoms with van der Waals surface area (Å²) in [6.07, 6.45) is 1.90. The molecular weight excluding hydrogens is 470 g/mol. The number of nitrogens with zero attached hydrogens (tertiary/aromatic N) is 2. The van der Waals surface area contributed by atoms with E-state index in [9.17, 15) is 28.2 Å². The van der Waals surface area contributed by atoms with Crippen molar-refractivity contribution < 1.29 is 28.2 Å². The number of nitrogens with one attached hydrogen (secondary N) is 1. The SMILES string of the molecule is CC(C(O)c1ccccc1)N(C)S(=O)(=O)c1cccc(C(=O)NC2=CCC(C#N)C=C2C(=O)O)c1. The van der Waals surface area contributed by atoms with E-state index in [4.69, 9.17) is 5.26 Å². The molecule has 3 rings (SSSR count). The maximum absolute atomic E-state index is 13.2. The van der Waals surface area contributed by atoms with E-state index in [1.165, 1.54) is 43.5 Å². The van der Waals surface area contributed by atoms with Gasteiger partial charge in [0.2, 0.25) is 10.0 Å². The van der Waals surface area contributed by atoms with Gasteiger partial charge in [0.15, 0.2) is 0 Å². The van der Waals surface area contributed by atoms with Gasteiger partial charge < -0.3 is 15.5 Å². The van der Waals surface area contributed by atoms with Crippen molar-refractivity contribution in [3.8, 4) is 6.07 Å². The highest BCUT2D eigenvalue weighted by Crippen LogP contribution is 2.26. The van der Waals surface area contributed by atoms with Gasteiger partial charge in [-0.2, -0.15) is 9.57 Å². The fourth-order valence-corrected chi connectivity index (χ4v) is 5.03. The third-order valence-electron chi connectivity index (χ3n) is 5.82. The van der Waals surface area contributed by atoms with Crippen LogP contribution in [0.25, 0.3) is 0 Å². The van der Waals surface area contributed by atoms with Gasteiger partial charge in [0.25, 0.3) is 5.91 Å². The summed E-state index contributed by atoms with van der Waals surface area (Å²) in [7, 11) is -2.73. The van der Waals surface area contributed by atoms with E-state index in [-0.39, 0.29) is 28.1 Å². The summed E-state index contributed by atoms with van der Waals surface area (Å²) in [4.78, 5) is 24.2. The number of allylic oxidation sites excluding steroid dienone is 2. The highest BCUT2D eigenvalue weighted by molar-refractivity contribution is 7.89. The van der Waals surface area contributed by atoms with Crippen LogP contribution in [0.2, 0.25) is 0 Å². The number of sulfonamides is 1. The first kappa shape index (κ1) is 25.8. The molecule has 0 aliphatic heterocycles. The molecule has 3 atom stereocenters. The number of carbonyl (C=O) groups is 2. The van der Waals surface area contributed by atoms with Crippen molar-refractivity contribution in [2.75, 3.05) is 7.05 Å². The Labute approximate surface area is 203 Å². The molecule has 0 fully saturated rings. The lowest BCUT2D eigenvalue weighted by Crippen LogP contribution is -2.39. The average molecular weight is 496 g/mol. The third kappa shape index (κ3) is 5.66. The molecule has 1 aliphatic carbocycles. The molecule has 10 heteroatoms. The topological polar surface area (TPSA) is 148 Å². The standard InChI is InChI=1S/C25H25N3O6S/c1-16(23(29)18-7-4-3-5-8-18)28(2)35(33,34)20-10-6-9-19(14-20)24(30)27-22-12-11-17(15-26)13-21(22)25(31)32/h3-10,12-14,16-17,23,29H,11H2,1-2H3,(H,27,30)(H,31,32). The largest absolute Gasteiger partial charge is 0.478 e. The van der Waals surface area contributed by atoms with E-state index in [1.807, 2.05) is 6.07 Å². The minimum absolute atomic E-state index is 0.00350. The van der Waals surface area contributed by atoms with Gasteiger partial charge in [0, 0.05) is 12.6 Å². The van der Waals surface area contributed by atoms with Crippen molar-refractivity contribution in [1.82, 2.24) is 9.62 Å². The molecule has 2 aromatic carbocycles. The molecule has 0 bridgehead atoms. The molecule has 35 heavy (non-hydrogen) atoms. The van der Waals surface area contributed by atoms with Gasteiger partial charge >= 0.3 is 5.97 Å². The highest BCUT2D eigenvalue weighted by atomic mass is 32.2. The number of hydrogen-bond acceptors (Lipinski definition) is 6. The number of carbonyl (C=O) groups excluding carboxylic acids is 1. The van der Waals surface area contributed by atoms with E-state index in [1.54, 1.807) is 37.3 Å². The summed E-state index contributed by atoms with van der Waals surface area (Å²) < 4.78 is 27.5. The van der Waals surface area contributed by atoms with E-state index < -0.39 is 40.0 Å². The predicted molar refractivity (Wildman–Crippen MR) is 127 cm³/mol. The molecular formula is C25H25N3O6S. The lowest BCUT2D eigenvalue weighted by Gasteiger charge is -2.28. The second-order valence-corrected chi connectivity index (χ2v) is 10.1. The fraction of sp³-hybridized carbons (Fsp3) is 0.240. The molecule has 182 valence electrons. The predicted octanol–water partition coefficient (Wildman–Crippen LogP) is 2.60. The van der Waals surface area contributed by atoms with Crippen LogP contribution in [0.1, 0.15) is 35.4 Å². The van der Waals surface area contributed by atoms with Gasteiger partial charge in [-0.15, -0.1) is 0 Å². The Hall–Kier alpha value is -3.78. The number of rotatable bonds is 8. The van der Waals surface area contributed by atoms with Crippen LogP contribution in [0.4, 0.5) is 0 Å². The zero-order valence-corrected chi connectivity index (χ0v) is 19.9. The monoisotopic (exact) mass is 495 g/mol. The number of likely N-dealkylation sites (N-methyl/N-ethyl adjacent to an activating group) is 1. The van der Waals surface area contributed by atoms with Crippen LogP contribution < -0.4 is 5.32 Å². The Morgan fingerprint density at radius 3 is 2.49 bits per heavy atom. The number of nitriles is 1. The molecule has 0 saturated carbocycles. The van der Waals surface area contributed by atoms with Crippen LogP contribution in [-0.4, -0.2) is 47.9 Å². The molecule has 0 radical (unpaired) electrons. The normalized spacial score (nSPS) is 17.5. The first-order valence-electron chi connectivity index (χ1n) is 10.7. The van der Waals surface area contributed by atoms with Gasteiger partial charge in [-0.25, -0.2) is 13.2 Å². The zero-order valence-electron chi connectivity index (χ0n) is 19.1. The van der Waals surface area contributed by atoms with E-state index >= 15 is 0 Å². The number of aliphatic hydroxyl groups excluding tert-OH is 1. The van der Waals surface area contributed by atoms with E-state index in [2.05, 4.69) is 5.32 Å². The Bertz CT molecular complexity index is 1330. The number of benzene rings is 2. The molecule has 9 nitrogen and oxygen atoms in total. The van der Waals surface area contributed by atoms with Crippen molar-refractivity contribution in [1.29, 1.82) is 5.26 Å². The summed E-state index contributed by atoms with van der Waals surface area (Å²) in [6, 6.07) is 15.2. The molecule has 0 aromatic heterocycles. The smallest absolute Gasteiger partial charge is 0.337 e. The molecule has 3 unspecified atom stereocenters. The van der Waals surface area contributed by atoms with Crippen LogP contribution in [0, 0.1) is 17.2 Å². The first-order chi connectivity index (χ1) is 16.6. The van der Waals surface area contributed by atoms with Gasteiger partial charge in [-0.3, -0.25) is 4.79 Å². The quantitative estimate of drug-likeness (QED) is 0.510. The average Bonchev–Trinajstić information content (AvgIpc) is 2.87. The zero-order chi connectivity index (χ0) is 25.8. The van der Waals surface area contributed by atoms with Crippen LogP contribution in [0.3, 0.4) is 0 Å². The maximum atomic E-state index is 13.2. The molecule has 2 aromatic rings. The summed E-state index contributed by atoms with van der Waals surface area (Å²) >= 11 is 0. The summed E-state index contributed by atoms with van der Waals surface area (Å²) in [5.41, 5.74) is 0.406. The summed E-state index contributed by atoms with van der Waals surface area (Å²) in [5.74, 6) is -2.60. The molecule has 0 saturated heterocycles. The molecule has 0 heterocycles. The maximum Gasteiger partial charge on any atom is 0.337 e. The van der Waals surface area contributed by atoms with Gasteiger partial charge in [-0.05, 0) is 37.1 Å². The van der Waals surface area contributed by atoms with Crippen molar-refractivity contribution in [2.24, 2.45) is 5.92 Å². The number of carboxylic acids is 1. The Balaban J connectivity index is 1.82. The van der Waals surface area contributed by atoms with Crippen molar-refractivity contribution in [2.45, 2.75) is 30.4 Å². The minimum Gasteiger partial charge on any atom is -0.478 e. The third-order valence-corrected chi connectivity index (χ3v) is 7.76. The highest BCUT2D eigenvalue weighted by Gasteiger charge is 2.31. The van der Waals surface area contributed by atoms with Gasteiger partial charge in [-0.1, -0.05) is 48.6 Å². The van der Waals surface area contributed by atoms with E-state index in [0.717, 1.165) is 4.31 Å². The Morgan fingerprint density at radius 1 is 1.17 bits per heavy atom. The second kappa shape index (κ2) is 10.7. The fourth-order valence-electron chi connectivity index (χ4n) is 3.61. The van der Waals surface area contributed by atoms with Gasteiger partial charge in [0.1, 0.15) is 0 Å². The number of aliphatic hydroxyl groups is 1. The van der Waals surface area contributed by atoms with Crippen molar-refractivity contribution in [3.63, 3.8) is 0 Å². The molecule has 0 spiro atoms. The number of hydrogen-bond donors (Lipinski definition) is 3. The van der Waals surface area contributed by atoms with E-state index in [0.29, 0.717) is 5.56 Å². The lowest BCUT2D eigenvalue weighted by atomic mass is 9.94. The molecule has 3 N–H and O–H groups in total. The van der Waals surface area contributed by atoms with Gasteiger partial charge in [0.05, 0.1) is 40.3 Å². The minimum atomic E-state index is -4.08.